The van der Waals surface area contributed by atoms with Crippen LogP contribution in [-0.4, -0.2) is 73.2 Å². The number of benzene rings is 1. The second-order valence-corrected chi connectivity index (χ2v) is 9.15. The molecule has 2 amide bonds. The van der Waals surface area contributed by atoms with Gasteiger partial charge in [-0.25, -0.2) is 4.79 Å². The van der Waals surface area contributed by atoms with Crippen LogP contribution in [0, 0.1) is 0 Å². The largest absolute Gasteiger partial charge is 0.462 e. The standard InChI is InChI=1S/C23H30N2O9/c1-6-29-20(28)12-7-9-13(10-8-12)25-14(26)11-24-19(27)17-15-16(32-22(2,3)31-15)18-21(30-17)34-23(4,5)33-18/h7-10,15-18,21H,6,11H2,1-5H3,(H,24,27)(H,25,26)/t15-,16-,17-,18-,21+/m0/s1. The Bertz CT molecular complexity index is 946. The van der Waals surface area contributed by atoms with Crippen molar-refractivity contribution in [2.24, 2.45) is 0 Å². The maximum Gasteiger partial charge on any atom is 0.338 e. The van der Waals surface area contributed by atoms with Gasteiger partial charge in [-0.3, -0.25) is 9.59 Å². The van der Waals surface area contributed by atoms with Crippen molar-refractivity contribution in [1.29, 1.82) is 0 Å². The highest BCUT2D eigenvalue weighted by Crippen LogP contribution is 2.44. The topological polar surface area (TPSA) is 131 Å². The third-order valence-electron chi connectivity index (χ3n) is 5.52. The fraction of sp³-hybridized carbons (Fsp3) is 0.609. The lowest BCUT2D eigenvalue weighted by atomic mass is 9.98. The number of nitrogens with one attached hydrogen (secondary N) is 2. The molecular weight excluding hydrogens is 448 g/mol. The highest BCUT2D eigenvalue weighted by Gasteiger charge is 2.62. The van der Waals surface area contributed by atoms with E-state index in [-0.39, 0.29) is 13.2 Å². The highest BCUT2D eigenvalue weighted by atomic mass is 16.9. The molecule has 3 fully saturated rings. The molecule has 0 unspecified atom stereocenters. The lowest BCUT2D eigenvalue weighted by molar-refractivity contribution is -0.231. The van der Waals surface area contributed by atoms with Crippen molar-refractivity contribution in [1.82, 2.24) is 5.32 Å². The molecule has 3 heterocycles. The number of carbonyl (C=O) groups is 3. The van der Waals surface area contributed by atoms with E-state index in [0.717, 1.165) is 0 Å². The molecule has 2 N–H and O–H groups in total. The van der Waals surface area contributed by atoms with Crippen molar-refractivity contribution in [2.75, 3.05) is 18.5 Å². The van der Waals surface area contributed by atoms with Gasteiger partial charge in [-0.15, -0.1) is 0 Å². The number of anilines is 1. The Balaban J connectivity index is 1.35. The first-order valence-electron chi connectivity index (χ1n) is 11.2. The van der Waals surface area contributed by atoms with Gasteiger partial charge >= 0.3 is 5.97 Å². The van der Waals surface area contributed by atoms with Crippen molar-refractivity contribution < 1.29 is 42.8 Å². The zero-order valence-electron chi connectivity index (χ0n) is 19.8. The van der Waals surface area contributed by atoms with Crippen LogP contribution in [0.4, 0.5) is 5.69 Å². The average molecular weight is 478 g/mol. The lowest BCUT2D eigenvalue weighted by Crippen LogP contribution is -2.59. The second kappa shape index (κ2) is 9.23. The fourth-order valence-electron chi connectivity index (χ4n) is 4.20. The first-order valence-corrected chi connectivity index (χ1v) is 11.2. The smallest absolute Gasteiger partial charge is 0.338 e. The third kappa shape index (κ3) is 5.23. The van der Waals surface area contributed by atoms with Crippen LogP contribution in [0.1, 0.15) is 45.0 Å². The van der Waals surface area contributed by atoms with Gasteiger partial charge in [-0.05, 0) is 58.9 Å². The number of amides is 2. The maximum absolute atomic E-state index is 12.9. The van der Waals surface area contributed by atoms with E-state index in [1.165, 1.54) is 0 Å². The molecular formula is C23H30N2O9. The van der Waals surface area contributed by atoms with Gasteiger partial charge in [-0.2, -0.15) is 0 Å². The highest BCUT2D eigenvalue weighted by molar-refractivity contribution is 5.96. The maximum atomic E-state index is 12.9. The second-order valence-electron chi connectivity index (χ2n) is 9.15. The van der Waals surface area contributed by atoms with Crippen molar-refractivity contribution in [3.05, 3.63) is 29.8 Å². The number of ether oxygens (including phenoxy) is 6. The SMILES string of the molecule is CCOC(=O)c1ccc(NC(=O)CNC(=O)[C@H]2O[C@@H]3OC(C)(C)O[C@H]3[C@H]3OC(C)(C)O[C@@H]32)cc1. The fourth-order valence-corrected chi connectivity index (χ4v) is 4.20. The molecule has 1 aromatic carbocycles. The Labute approximate surface area is 197 Å². The van der Waals surface area contributed by atoms with Gasteiger partial charge in [0, 0.05) is 5.69 Å². The summed E-state index contributed by atoms with van der Waals surface area (Å²) in [5.74, 6) is -3.26. The number of esters is 1. The van der Waals surface area contributed by atoms with Crippen LogP contribution in [0.3, 0.4) is 0 Å². The van der Waals surface area contributed by atoms with Crippen LogP contribution in [0.5, 0.6) is 0 Å². The molecule has 11 heteroatoms. The monoisotopic (exact) mass is 478 g/mol. The van der Waals surface area contributed by atoms with E-state index in [4.69, 9.17) is 28.4 Å². The zero-order valence-corrected chi connectivity index (χ0v) is 19.8. The molecule has 11 nitrogen and oxygen atoms in total. The molecule has 3 aliphatic heterocycles. The molecule has 3 aliphatic rings. The van der Waals surface area contributed by atoms with Crippen molar-refractivity contribution in [3.63, 3.8) is 0 Å². The van der Waals surface area contributed by atoms with Crippen molar-refractivity contribution >= 4 is 23.5 Å². The minimum Gasteiger partial charge on any atom is -0.462 e. The molecule has 0 saturated carbocycles. The van der Waals surface area contributed by atoms with Crippen LogP contribution in [0.15, 0.2) is 24.3 Å². The Hall–Kier alpha value is -2.57. The summed E-state index contributed by atoms with van der Waals surface area (Å²) in [5.41, 5.74) is 0.843. The average Bonchev–Trinajstić information content (AvgIpc) is 3.25. The number of carbonyl (C=O) groups excluding carboxylic acids is 3. The van der Waals surface area contributed by atoms with E-state index in [1.807, 2.05) is 0 Å². The molecule has 0 aromatic heterocycles. The molecule has 0 radical (unpaired) electrons. The van der Waals surface area contributed by atoms with Gasteiger partial charge < -0.3 is 39.1 Å². The van der Waals surface area contributed by atoms with E-state index in [0.29, 0.717) is 11.3 Å². The van der Waals surface area contributed by atoms with Crippen molar-refractivity contribution in [3.8, 4) is 0 Å². The number of hydrogen-bond acceptors (Lipinski definition) is 9. The summed E-state index contributed by atoms with van der Waals surface area (Å²) in [5, 5.41) is 5.24. The van der Waals surface area contributed by atoms with E-state index in [2.05, 4.69) is 10.6 Å². The van der Waals surface area contributed by atoms with Gasteiger partial charge in [0.15, 0.2) is 24.0 Å². The minimum absolute atomic E-state index is 0.274. The van der Waals surface area contributed by atoms with Crippen LogP contribution in [-0.2, 0) is 38.0 Å². The molecule has 5 atom stereocenters. The van der Waals surface area contributed by atoms with Gasteiger partial charge in [-0.1, -0.05) is 0 Å². The van der Waals surface area contributed by atoms with Crippen LogP contribution in [0.2, 0.25) is 0 Å². The molecule has 4 rings (SSSR count). The zero-order chi connectivity index (χ0) is 24.7. The quantitative estimate of drug-likeness (QED) is 0.581. The lowest BCUT2D eigenvalue weighted by Gasteiger charge is -2.36. The van der Waals surface area contributed by atoms with Crippen LogP contribution < -0.4 is 10.6 Å². The molecule has 34 heavy (non-hydrogen) atoms. The Morgan fingerprint density at radius 2 is 1.53 bits per heavy atom. The summed E-state index contributed by atoms with van der Waals surface area (Å²) < 4.78 is 34.4. The van der Waals surface area contributed by atoms with E-state index >= 15 is 0 Å². The molecule has 186 valence electrons. The first-order chi connectivity index (χ1) is 16.0. The Kier molecular flexibility index (Phi) is 6.67. The molecule has 1 aromatic rings. The number of hydrogen-bond donors (Lipinski definition) is 2. The Morgan fingerprint density at radius 3 is 2.21 bits per heavy atom. The third-order valence-corrected chi connectivity index (χ3v) is 5.52. The van der Waals surface area contributed by atoms with Crippen LogP contribution in [0.25, 0.3) is 0 Å². The van der Waals surface area contributed by atoms with E-state index < -0.39 is 60.1 Å². The molecule has 3 saturated heterocycles. The van der Waals surface area contributed by atoms with Gasteiger partial charge in [0.05, 0.1) is 18.7 Å². The Morgan fingerprint density at radius 1 is 0.912 bits per heavy atom. The van der Waals surface area contributed by atoms with Crippen LogP contribution >= 0.6 is 0 Å². The first kappa shape index (κ1) is 24.6. The molecule has 0 spiro atoms. The minimum atomic E-state index is -1.05. The number of rotatable bonds is 6. The molecule has 0 bridgehead atoms. The van der Waals surface area contributed by atoms with Gasteiger partial charge in [0.1, 0.15) is 18.3 Å². The predicted octanol–water partition coefficient (Wildman–Crippen LogP) is 1.31. The van der Waals surface area contributed by atoms with Gasteiger partial charge in [0.25, 0.3) is 5.91 Å². The summed E-state index contributed by atoms with van der Waals surface area (Å²) >= 11 is 0. The van der Waals surface area contributed by atoms with E-state index in [1.54, 1.807) is 58.9 Å². The summed E-state index contributed by atoms with van der Waals surface area (Å²) in [6.07, 6.45) is -3.71. The molecule has 0 aliphatic carbocycles. The van der Waals surface area contributed by atoms with Gasteiger partial charge in [0.2, 0.25) is 5.91 Å². The number of fused-ring (bicyclic) bond motifs is 3. The normalized spacial score (nSPS) is 30.7. The summed E-state index contributed by atoms with van der Waals surface area (Å²) in [7, 11) is 0. The summed E-state index contributed by atoms with van der Waals surface area (Å²) in [6, 6.07) is 6.24. The summed E-state index contributed by atoms with van der Waals surface area (Å²) in [4.78, 5) is 37.0. The van der Waals surface area contributed by atoms with E-state index in [9.17, 15) is 14.4 Å². The predicted molar refractivity (Wildman–Crippen MR) is 117 cm³/mol. The van der Waals surface area contributed by atoms with Crippen molar-refractivity contribution in [2.45, 2.75) is 76.9 Å². The summed E-state index contributed by atoms with van der Waals surface area (Å²) in [6.45, 7) is 8.70.